The molecule has 0 bridgehead atoms. The minimum Gasteiger partial charge on any atom is -0.480 e. The minimum atomic E-state index is -0.844. The first-order valence-corrected chi connectivity index (χ1v) is 7.57. The van der Waals surface area contributed by atoms with E-state index in [9.17, 15) is 4.79 Å². The summed E-state index contributed by atoms with van der Waals surface area (Å²) < 4.78 is 6.75. The van der Waals surface area contributed by atoms with Crippen LogP contribution in [0.4, 0.5) is 0 Å². The van der Waals surface area contributed by atoms with Gasteiger partial charge in [0.2, 0.25) is 0 Å². The highest BCUT2D eigenvalue weighted by atomic mass is 79.9. The molecule has 0 saturated heterocycles. The Bertz CT molecular complexity index is 621. The minimum absolute atomic E-state index is 0.0158. The third-order valence-corrected chi connectivity index (χ3v) is 3.69. The van der Waals surface area contributed by atoms with Gasteiger partial charge in [0.1, 0.15) is 17.6 Å². The summed E-state index contributed by atoms with van der Waals surface area (Å²) in [5.41, 5.74) is 0.981. The summed E-state index contributed by atoms with van der Waals surface area (Å²) in [7, 11) is 0. The van der Waals surface area contributed by atoms with E-state index < -0.39 is 12.0 Å². The van der Waals surface area contributed by atoms with Crippen molar-refractivity contribution in [1.82, 2.24) is 5.32 Å². The SMILES string of the molecule is CC(C)[C@@H](NCc1ccc(-c2cccc(Br)c2)o1)C(=O)O. The molecule has 0 spiro atoms. The molecule has 1 heterocycles. The highest BCUT2D eigenvalue weighted by Crippen LogP contribution is 2.25. The van der Waals surface area contributed by atoms with E-state index in [2.05, 4.69) is 21.2 Å². The largest absolute Gasteiger partial charge is 0.480 e. The molecule has 0 fully saturated rings. The third-order valence-electron chi connectivity index (χ3n) is 3.20. The standard InChI is InChI=1S/C16H18BrNO3/c1-10(2)15(16(19)20)18-9-13-6-7-14(21-13)11-4-3-5-12(17)8-11/h3-8,10,15,18H,9H2,1-2H3,(H,19,20)/t15-/m1/s1. The second-order valence-electron chi connectivity index (χ2n) is 5.22. The fourth-order valence-electron chi connectivity index (χ4n) is 2.09. The van der Waals surface area contributed by atoms with Crippen LogP contribution in [0.15, 0.2) is 45.3 Å². The van der Waals surface area contributed by atoms with Crippen molar-refractivity contribution in [1.29, 1.82) is 0 Å². The van der Waals surface area contributed by atoms with Crippen molar-refractivity contribution >= 4 is 21.9 Å². The lowest BCUT2D eigenvalue weighted by Crippen LogP contribution is -2.40. The number of halogens is 1. The number of carboxylic acids is 1. The fraction of sp³-hybridized carbons (Fsp3) is 0.312. The van der Waals surface area contributed by atoms with Crippen molar-refractivity contribution in [2.45, 2.75) is 26.4 Å². The average Bonchev–Trinajstić information content (AvgIpc) is 2.87. The van der Waals surface area contributed by atoms with Crippen LogP contribution in [-0.2, 0) is 11.3 Å². The molecule has 0 aliphatic rings. The van der Waals surface area contributed by atoms with Crippen molar-refractivity contribution in [3.05, 3.63) is 46.6 Å². The Morgan fingerprint density at radius 1 is 1.33 bits per heavy atom. The Morgan fingerprint density at radius 3 is 2.71 bits per heavy atom. The molecule has 1 atom stereocenters. The second kappa shape index (κ2) is 6.91. The quantitative estimate of drug-likeness (QED) is 0.828. The number of nitrogens with one attached hydrogen (secondary N) is 1. The Kier molecular flexibility index (Phi) is 5.20. The van der Waals surface area contributed by atoms with Crippen molar-refractivity contribution < 1.29 is 14.3 Å². The predicted octanol–water partition coefficient (Wildman–Crippen LogP) is 3.91. The Balaban J connectivity index is 2.05. The maximum absolute atomic E-state index is 11.1. The van der Waals surface area contributed by atoms with Gasteiger partial charge in [0.05, 0.1) is 6.54 Å². The number of carbonyl (C=O) groups is 1. The number of rotatable bonds is 6. The Hall–Kier alpha value is -1.59. The van der Waals surface area contributed by atoms with Crippen LogP contribution in [0.25, 0.3) is 11.3 Å². The molecule has 0 unspecified atom stereocenters. The fourth-order valence-corrected chi connectivity index (χ4v) is 2.49. The van der Waals surface area contributed by atoms with Crippen LogP contribution in [-0.4, -0.2) is 17.1 Å². The van der Waals surface area contributed by atoms with E-state index in [4.69, 9.17) is 9.52 Å². The average molecular weight is 352 g/mol. The summed E-state index contributed by atoms with van der Waals surface area (Å²) in [6.45, 7) is 4.14. The first kappa shape index (κ1) is 15.8. The van der Waals surface area contributed by atoms with Crippen LogP contribution in [0.5, 0.6) is 0 Å². The van der Waals surface area contributed by atoms with Crippen molar-refractivity contribution in [3.63, 3.8) is 0 Å². The summed E-state index contributed by atoms with van der Waals surface area (Å²) in [5.74, 6) is 0.659. The normalized spacial score (nSPS) is 12.6. The molecule has 1 aromatic carbocycles. The van der Waals surface area contributed by atoms with Gasteiger partial charge in [-0.2, -0.15) is 0 Å². The van der Waals surface area contributed by atoms with Crippen molar-refractivity contribution in [3.8, 4) is 11.3 Å². The van der Waals surface area contributed by atoms with Crippen LogP contribution >= 0.6 is 15.9 Å². The zero-order chi connectivity index (χ0) is 15.4. The molecule has 0 aliphatic carbocycles. The molecular formula is C16H18BrNO3. The molecule has 1 aromatic heterocycles. The lowest BCUT2D eigenvalue weighted by molar-refractivity contribution is -0.140. The van der Waals surface area contributed by atoms with E-state index in [1.165, 1.54) is 0 Å². The number of aliphatic carboxylic acids is 1. The van der Waals surface area contributed by atoms with Crippen LogP contribution in [0.2, 0.25) is 0 Å². The van der Waals surface area contributed by atoms with Gasteiger partial charge < -0.3 is 9.52 Å². The molecular weight excluding hydrogens is 334 g/mol. The molecule has 0 saturated carbocycles. The van der Waals surface area contributed by atoms with E-state index in [1.807, 2.05) is 50.2 Å². The number of hydrogen-bond donors (Lipinski definition) is 2. The van der Waals surface area contributed by atoms with Gasteiger partial charge in [0.25, 0.3) is 0 Å². The van der Waals surface area contributed by atoms with Gasteiger partial charge in [-0.25, -0.2) is 0 Å². The highest BCUT2D eigenvalue weighted by molar-refractivity contribution is 9.10. The molecule has 5 heteroatoms. The molecule has 2 aromatic rings. The van der Waals surface area contributed by atoms with E-state index in [1.54, 1.807) is 0 Å². The summed E-state index contributed by atoms with van der Waals surface area (Å²) in [5, 5.41) is 12.1. The topological polar surface area (TPSA) is 62.5 Å². The van der Waals surface area contributed by atoms with Gasteiger partial charge in [-0.1, -0.05) is 41.9 Å². The Labute approximate surface area is 132 Å². The van der Waals surface area contributed by atoms with Crippen LogP contribution < -0.4 is 5.32 Å². The van der Waals surface area contributed by atoms with Gasteiger partial charge in [-0.3, -0.25) is 10.1 Å². The highest BCUT2D eigenvalue weighted by Gasteiger charge is 2.20. The summed E-state index contributed by atoms with van der Waals surface area (Å²) in [6.07, 6.45) is 0. The second-order valence-corrected chi connectivity index (χ2v) is 6.13. The zero-order valence-electron chi connectivity index (χ0n) is 12.0. The van der Waals surface area contributed by atoms with Gasteiger partial charge in [-0.15, -0.1) is 0 Å². The van der Waals surface area contributed by atoms with Gasteiger partial charge in [-0.05, 0) is 30.2 Å². The first-order valence-electron chi connectivity index (χ1n) is 6.78. The van der Waals surface area contributed by atoms with Crippen LogP contribution in [0, 0.1) is 5.92 Å². The van der Waals surface area contributed by atoms with E-state index in [0.29, 0.717) is 6.54 Å². The monoisotopic (exact) mass is 351 g/mol. The maximum Gasteiger partial charge on any atom is 0.320 e. The molecule has 21 heavy (non-hydrogen) atoms. The van der Waals surface area contributed by atoms with E-state index in [-0.39, 0.29) is 5.92 Å². The molecule has 4 nitrogen and oxygen atoms in total. The molecule has 0 aliphatic heterocycles. The Morgan fingerprint density at radius 2 is 2.10 bits per heavy atom. The lowest BCUT2D eigenvalue weighted by Gasteiger charge is -2.16. The van der Waals surface area contributed by atoms with Gasteiger partial charge >= 0.3 is 5.97 Å². The molecule has 2 rings (SSSR count). The molecule has 0 amide bonds. The van der Waals surface area contributed by atoms with Crippen LogP contribution in [0.1, 0.15) is 19.6 Å². The maximum atomic E-state index is 11.1. The molecule has 0 radical (unpaired) electrons. The lowest BCUT2D eigenvalue weighted by atomic mass is 10.1. The van der Waals surface area contributed by atoms with Crippen LogP contribution in [0.3, 0.4) is 0 Å². The molecule has 2 N–H and O–H groups in total. The predicted molar refractivity (Wildman–Crippen MR) is 84.9 cm³/mol. The number of benzene rings is 1. The molecule has 112 valence electrons. The van der Waals surface area contributed by atoms with Gasteiger partial charge in [0.15, 0.2) is 0 Å². The smallest absolute Gasteiger partial charge is 0.320 e. The summed E-state index contributed by atoms with van der Waals surface area (Å²) >= 11 is 3.43. The number of hydrogen-bond acceptors (Lipinski definition) is 3. The number of carboxylic acid groups (broad SMARTS) is 1. The number of furan rings is 1. The zero-order valence-corrected chi connectivity index (χ0v) is 13.6. The van der Waals surface area contributed by atoms with Crippen molar-refractivity contribution in [2.24, 2.45) is 5.92 Å². The summed E-state index contributed by atoms with van der Waals surface area (Å²) in [4.78, 5) is 11.1. The first-order chi connectivity index (χ1) is 9.97. The van der Waals surface area contributed by atoms with Crippen molar-refractivity contribution in [2.75, 3.05) is 0 Å². The van der Waals surface area contributed by atoms with E-state index in [0.717, 1.165) is 21.6 Å². The van der Waals surface area contributed by atoms with Gasteiger partial charge in [0, 0.05) is 10.0 Å². The summed E-state index contributed by atoms with van der Waals surface area (Å²) in [6, 6.07) is 11.0. The third kappa shape index (κ3) is 4.19. The van der Waals surface area contributed by atoms with E-state index >= 15 is 0 Å².